The van der Waals surface area contributed by atoms with Gasteiger partial charge in [0.1, 0.15) is 0 Å². The van der Waals surface area contributed by atoms with Crippen LogP contribution in [-0.4, -0.2) is 24.0 Å². The fourth-order valence-electron chi connectivity index (χ4n) is 4.05. The van der Waals surface area contributed by atoms with Crippen LogP contribution in [0.4, 0.5) is 5.69 Å². The third-order valence-corrected chi connectivity index (χ3v) is 4.77. The molecule has 2 fully saturated rings. The third-order valence-electron chi connectivity index (χ3n) is 4.77. The van der Waals surface area contributed by atoms with Gasteiger partial charge in [-0.15, -0.1) is 0 Å². The normalized spacial score (nSPS) is 33.2. The number of amides is 2. The lowest BCUT2D eigenvalue weighted by molar-refractivity contribution is -0.124. The highest BCUT2D eigenvalue weighted by molar-refractivity contribution is 6.23. The maximum Gasteiger partial charge on any atom is 0.240 e. The number of imide groups is 1. The second kappa shape index (κ2) is 4.04. The second-order valence-corrected chi connectivity index (χ2v) is 6.26. The number of carbonyl (C=O) groups excluding carboxylic acids is 2. The van der Waals surface area contributed by atoms with Gasteiger partial charge in [0, 0.05) is 0 Å². The molecular formula is C17H17NO3. The predicted molar refractivity (Wildman–Crippen MR) is 77.9 cm³/mol. The first-order chi connectivity index (χ1) is 9.99. The van der Waals surface area contributed by atoms with Crippen LogP contribution in [0.25, 0.3) is 0 Å². The molecule has 0 aromatic heterocycles. The maximum atomic E-state index is 12.8. The lowest BCUT2D eigenvalue weighted by atomic mass is 9.85. The molecule has 3 heterocycles. The van der Waals surface area contributed by atoms with Crippen LogP contribution in [0.3, 0.4) is 0 Å². The summed E-state index contributed by atoms with van der Waals surface area (Å²) in [5.41, 5.74) is 3.83. The molecule has 108 valence electrons. The van der Waals surface area contributed by atoms with E-state index >= 15 is 0 Å². The quantitative estimate of drug-likeness (QED) is 0.585. The van der Waals surface area contributed by atoms with E-state index in [0.29, 0.717) is 0 Å². The molecule has 1 aromatic carbocycles. The number of hydrogen-bond donors (Lipinski definition) is 0. The molecule has 0 saturated carbocycles. The van der Waals surface area contributed by atoms with E-state index in [1.54, 1.807) is 0 Å². The Morgan fingerprint density at radius 3 is 1.86 bits per heavy atom. The SMILES string of the molecule is Cc1cc(C)c(N2C(=O)[C@@H]3[C@@H](C2=O)[C@H]2C=C[C@H]3O2)c(C)c1. The molecule has 1 aromatic rings. The Labute approximate surface area is 123 Å². The summed E-state index contributed by atoms with van der Waals surface area (Å²) in [5.74, 6) is -0.908. The molecule has 0 spiro atoms. The topological polar surface area (TPSA) is 46.6 Å². The monoisotopic (exact) mass is 283 g/mol. The number of anilines is 1. The van der Waals surface area contributed by atoms with E-state index < -0.39 is 0 Å². The van der Waals surface area contributed by atoms with Crippen LogP contribution in [0.15, 0.2) is 24.3 Å². The van der Waals surface area contributed by atoms with E-state index in [1.807, 2.05) is 45.1 Å². The van der Waals surface area contributed by atoms with Crippen molar-refractivity contribution in [2.45, 2.75) is 33.0 Å². The number of rotatable bonds is 1. The van der Waals surface area contributed by atoms with Gasteiger partial charge in [-0.1, -0.05) is 29.8 Å². The van der Waals surface area contributed by atoms with Crippen molar-refractivity contribution in [2.24, 2.45) is 11.8 Å². The summed E-state index contributed by atoms with van der Waals surface area (Å²) in [6, 6.07) is 4.03. The molecule has 2 saturated heterocycles. The summed E-state index contributed by atoms with van der Waals surface area (Å²) in [5, 5.41) is 0. The number of carbonyl (C=O) groups is 2. The molecule has 0 unspecified atom stereocenters. The molecule has 4 atom stereocenters. The van der Waals surface area contributed by atoms with E-state index in [4.69, 9.17) is 4.74 Å². The van der Waals surface area contributed by atoms with Gasteiger partial charge in [0.2, 0.25) is 11.8 Å². The molecule has 0 aliphatic carbocycles. The summed E-state index contributed by atoms with van der Waals surface area (Å²) < 4.78 is 5.66. The van der Waals surface area contributed by atoms with Crippen molar-refractivity contribution in [3.05, 3.63) is 41.0 Å². The molecule has 2 bridgehead atoms. The molecule has 3 aliphatic rings. The molecule has 3 aliphatic heterocycles. The minimum Gasteiger partial charge on any atom is -0.365 e. The fraction of sp³-hybridized carbons (Fsp3) is 0.412. The zero-order valence-corrected chi connectivity index (χ0v) is 12.3. The molecule has 4 nitrogen and oxygen atoms in total. The largest absolute Gasteiger partial charge is 0.365 e. The second-order valence-electron chi connectivity index (χ2n) is 6.26. The van der Waals surface area contributed by atoms with Gasteiger partial charge in [-0.25, -0.2) is 4.90 Å². The van der Waals surface area contributed by atoms with Crippen molar-refractivity contribution in [2.75, 3.05) is 4.90 Å². The average molecular weight is 283 g/mol. The van der Waals surface area contributed by atoms with Gasteiger partial charge in [0.25, 0.3) is 0 Å². The number of nitrogens with zero attached hydrogens (tertiary/aromatic N) is 1. The van der Waals surface area contributed by atoms with Crippen molar-refractivity contribution in [1.29, 1.82) is 0 Å². The molecule has 2 amide bonds. The highest BCUT2D eigenvalue weighted by Gasteiger charge is 2.61. The first kappa shape index (κ1) is 12.8. The first-order valence-electron chi connectivity index (χ1n) is 7.28. The van der Waals surface area contributed by atoms with Crippen LogP contribution < -0.4 is 4.90 Å². The van der Waals surface area contributed by atoms with Crippen molar-refractivity contribution in [3.8, 4) is 0 Å². The first-order valence-corrected chi connectivity index (χ1v) is 7.28. The Bertz CT molecular complexity index is 653. The maximum absolute atomic E-state index is 12.8. The van der Waals surface area contributed by atoms with Crippen LogP contribution in [0, 0.1) is 32.6 Å². The lowest BCUT2D eigenvalue weighted by Crippen LogP contribution is -2.35. The van der Waals surface area contributed by atoms with E-state index in [-0.39, 0.29) is 35.9 Å². The Kier molecular flexibility index (Phi) is 2.46. The Morgan fingerprint density at radius 1 is 0.905 bits per heavy atom. The molecule has 0 N–H and O–H groups in total. The van der Waals surface area contributed by atoms with Crippen LogP contribution in [-0.2, 0) is 14.3 Å². The van der Waals surface area contributed by atoms with E-state index in [9.17, 15) is 9.59 Å². The summed E-state index contributed by atoms with van der Waals surface area (Å²) in [6.07, 6.45) is 3.37. The molecule has 21 heavy (non-hydrogen) atoms. The van der Waals surface area contributed by atoms with Gasteiger partial charge in [0.05, 0.1) is 29.7 Å². The predicted octanol–water partition coefficient (Wildman–Crippen LogP) is 2.05. The van der Waals surface area contributed by atoms with Crippen molar-refractivity contribution < 1.29 is 14.3 Å². The van der Waals surface area contributed by atoms with Crippen LogP contribution in [0.5, 0.6) is 0 Å². The van der Waals surface area contributed by atoms with Crippen molar-refractivity contribution >= 4 is 17.5 Å². The number of benzene rings is 1. The van der Waals surface area contributed by atoms with Gasteiger partial charge in [0.15, 0.2) is 0 Å². The zero-order chi connectivity index (χ0) is 14.9. The van der Waals surface area contributed by atoms with E-state index in [1.165, 1.54) is 4.90 Å². The summed E-state index contributed by atoms with van der Waals surface area (Å²) in [6.45, 7) is 5.92. The molecular weight excluding hydrogens is 266 g/mol. The number of hydrogen-bond acceptors (Lipinski definition) is 3. The highest BCUT2D eigenvalue weighted by Crippen LogP contribution is 2.47. The van der Waals surface area contributed by atoms with Crippen LogP contribution in [0.2, 0.25) is 0 Å². The Balaban J connectivity index is 1.82. The minimum atomic E-state index is -0.340. The standard InChI is InChI=1S/C17H17NO3/c1-8-6-9(2)15(10(3)7-8)18-16(19)13-11-4-5-12(21-11)14(13)17(18)20/h4-7,11-14H,1-3H3/t11-,12-,13+,14+/m1/s1. The Morgan fingerprint density at radius 2 is 1.38 bits per heavy atom. The minimum absolute atomic E-state index is 0.114. The third kappa shape index (κ3) is 1.54. The summed E-state index contributed by atoms with van der Waals surface area (Å²) >= 11 is 0. The van der Waals surface area contributed by atoms with Gasteiger partial charge < -0.3 is 4.74 Å². The Hall–Kier alpha value is -1.94. The number of fused-ring (bicyclic) bond motifs is 5. The van der Waals surface area contributed by atoms with E-state index in [0.717, 1.165) is 22.4 Å². The van der Waals surface area contributed by atoms with Crippen LogP contribution in [0.1, 0.15) is 16.7 Å². The van der Waals surface area contributed by atoms with Gasteiger partial charge in [-0.3, -0.25) is 9.59 Å². The van der Waals surface area contributed by atoms with E-state index in [2.05, 4.69) is 0 Å². The smallest absolute Gasteiger partial charge is 0.240 e. The van der Waals surface area contributed by atoms with Crippen molar-refractivity contribution in [3.63, 3.8) is 0 Å². The lowest BCUT2D eigenvalue weighted by Gasteiger charge is -2.22. The van der Waals surface area contributed by atoms with Crippen LogP contribution >= 0.6 is 0 Å². The molecule has 4 heteroatoms. The fourth-order valence-corrected chi connectivity index (χ4v) is 4.05. The highest BCUT2D eigenvalue weighted by atomic mass is 16.5. The summed E-state index contributed by atoms with van der Waals surface area (Å²) in [4.78, 5) is 26.9. The summed E-state index contributed by atoms with van der Waals surface area (Å²) in [7, 11) is 0. The van der Waals surface area contributed by atoms with Crippen molar-refractivity contribution in [1.82, 2.24) is 0 Å². The molecule has 0 radical (unpaired) electrons. The number of aryl methyl sites for hydroxylation is 3. The van der Waals surface area contributed by atoms with Gasteiger partial charge in [-0.2, -0.15) is 0 Å². The zero-order valence-electron chi connectivity index (χ0n) is 12.3. The van der Waals surface area contributed by atoms with Gasteiger partial charge in [-0.05, 0) is 31.9 Å². The van der Waals surface area contributed by atoms with Gasteiger partial charge >= 0.3 is 0 Å². The molecule has 4 rings (SSSR count). The number of ether oxygens (including phenoxy) is 1. The average Bonchev–Trinajstić information content (AvgIpc) is 3.06.